The van der Waals surface area contributed by atoms with Gasteiger partial charge in [0, 0.05) is 17.5 Å². The molecule has 1 aromatic heterocycles. The summed E-state index contributed by atoms with van der Waals surface area (Å²) in [6, 6.07) is 9.00. The summed E-state index contributed by atoms with van der Waals surface area (Å²) in [6.45, 7) is 0. The van der Waals surface area contributed by atoms with E-state index in [1.807, 2.05) is 30.3 Å². The van der Waals surface area contributed by atoms with E-state index in [0.29, 0.717) is 0 Å². The molecule has 1 aromatic carbocycles. The highest BCUT2D eigenvalue weighted by atomic mass is 32.2. The number of halogens is 1. The molecule has 3 rings (SSSR count). The van der Waals surface area contributed by atoms with Crippen molar-refractivity contribution in [3.8, 4) is 0 Å². The Hall–Kier alpha value is -1.60. The highest BCUT2D eigenvalue weighted by molar-refractivity contribution is 7.78. The van der Waals surface area contributed by atoms with Crippen LogP contribution in [0.15, 0.2) is 35.5 Å². The molecule has 1 aliphatic rings. The second kappa shape index (κ2) is 4.25. The van der Waals surface area contributed by atoms with Crippen LogP contribution in [0.2, 0.25) is 0 Å². The van der Waals surface area contributed by atoms with E-state index in [9.17, 15) is 13.2 Å². The summed E-state index contributed by atoms with van der Waals surface area (Å²) in [5, 5.41) is 3.50. The molecule has 7 heteroatoms. The van der Waals surface area contributed by atoms with Gasteiger partial charge in [-0.2, -0.15) is 0 Å². The molecule has 18 heavy (non-hydrogen) atoms. The van der Waals surface area contributed by atoms with Crippen LogP contribution in [0.3, 0.4) is 0 Å². The van der Waals surface area contributed by atoms with Gasteiger partial charge in [-0.05, 0) is 5.56 Å². The second-order valence-corrected chi connectivity index (χ2v) is 4.90. The maximum absolute atomic E-state index is 13.8. The van der Waals surface area contributed by atoms with Gasteiger partial charge in [0.25, 0.3) is 0 Å². The van der Waals surface area contributed by atoms with Crippen molar-refractivity contribution in [2.24, 2.45) is 0 Å². The van der Waals surface area contributed by atoms with E-state index in [-0.39, 0.29) is 23.4 Å². The SMILES string of the molecule is O=S([O-])c1nc2n(n1)[C@H](c1ccccc1)C[C@@H]2F. The number of hydrogen-bond acceptors (Lipinski definition) is 4. The van der Waals surface area contributed by atoms with Crippen molar-refractivity contribution in [1.82, 2.24) is 14.8 Å². The first kappa shape index (κ1) is 11.5. The van der Waals surface area contributed by atoms with Gasteiger partial charge in [0.05, 0.1) is 6.04 Å². The average molecular weight is 266 g/mol. The van der Waals surface area contributed by atoms with Gasteiger partial charge in [-0.15, -0.1) is 5.10 Å². The fraction of sp³-hybridized carbons (Fsp3) is 0.273. The first-order chi connectivity index (χ1) is 8.66. The number of nitrogens with zero attached hydrogens (tertiary/aromatic N) is 3. The minimum atomic E-state index is -2.53. The molecule has 0 aliphatic carbocycles. The Morgan fingerprint density at radius 2 is 2.11 bits per heavy atom. The topological polar surface area (TPSA) is 70.8 Å². The van der Waals surface area contributed by atoms with E-state index in [2.05, 4.69) is 10.1 Å². The minimum Gasteiger partial charge on any atom is -0.766 e. The molecular weight excluding hydrogens is 257 g/mol. The van der Waals surface area contributed by atoms with E-state index in [1.54, 1.807) is 0 Å². The van der Waals surface area contributed by atoms with Crippen molar-refractivity contribution < 1.29 is 13.2 Å². The quantitative estimate of drug-likeness (QED) is 0.773. The first-order valence-corrected chi connectivity index (χ1v) is 6.49. The maximum atomic E-state index is 13.8. The summed E-state index contributed by atoms with van der Waals surface area (Å²) in [5.41, 5.74) is 0.895. The van der Waals surface area contributed by atoms with Crippen molar-refractivity contribution in [3.05, 3.63) is 41.7 Å². The molecule has 1 unspecified atom stereocenters. The zero-order chi connectivity index (χ0) is 12.7. The van der Waals surface area contributed by atoms with Gasteiger partial charge in [-0.25, -0.2) is 14.1 Å². The molecular formula is C11H9FN3O2S-. The van der Waals surface area contributed by atoms with Crippen molar-refractivity contribution in [1.29, 1.82) is 0 Å². The van der Waals surface area contributed by atoms with E-state index < -0.39 is 17.3 Å². The molecule has 0 amide bonds. The lowest BCUT2D eigenvalue weighted by Crippen LogP contribution is -2.08. The largest absolute Gasteiger partial charge is 0.766 e. The van der Waals surface area contributed by atoms with Crippen LogP contribution in [0.25, 0.3) is 0 Å². The number of aromatic nitrogens is 3. The fourth-order valence-corrected chi connectivity index (χ4v) is 2.50. The zero-order valence-corrected chi connectivity index (χ0v) is 10.0. The van der Waals surface area contributed by atoms with E-state index in [0.717, 1.165) is 5.56 Å². The van der Waals surface area contributed by atoms with Gasteiger partial charge < -0.3 is 4.55 Å². The summed E-state index contributed by atoms with van der Waals surface area (Å²) in [4.78, 5) is 3.71. The molecule has 1 aliphatic heterocycles. The number of alkyl halides is 1. The Morgan fingerprint density at radius 1 is 1.39 bits per heavy atom. The number of hydrogen-bond donors (Lipinski definition) is 0. The average Bonchev–Trinajstić information content (AvgIpc) is 2.92. The predicted molar refractivity (Wildman–Crippen MR) is 60.3 cm³/mol. The first-order valence-electron chi connectivity index (χ1n) is 5.41. The van der Waals surface area contributed by atoms with Crippen molar-refractivity contribution >= 4 is 11.1 Å². The second-order valence-electron chi connectivity index (χ2n) is 4.06. The Bertz CT molecular complexity index is 602. The van der Waals surface area contributed by atoms with Crippen LogP contribution in [-0.4, -0.2) is 23.5 Å². The van der Waals surface area contributed by atoms with E-state index >= 15 is 0 Å². The lowest BCUT2D eigenvalue weighted by Gasteiger charge is -2.11. The molecule has 0 radical (unpaired) electrons. The van der Waals surface area contributed by atoms with Gasteiger partial charge in [0.2, 0.25) is 5.16 Å². The van der Waals surface area contributed by atoms with Gasteiger partial charge in [0.1, 0.15) is 0 Å². The minimum absolute atomic E-state index is 0.0862. The highest BCUT2D eigenvalue weighted by Crippen LogP contribution is 2.39. The van der Waals surface area contributed by atoms with Gasteiger partial charge >= 0.3 is 0 Å². The molecule has 2 heterocycles. The molecule has 0 fully saturated rings. The fourth-order valence-electron chi connectivity index (χ4n) is 2.18. The van der Waals surface area contributed by atoms with E-state index in [4.69, 9.17) is 0 Å². The van der Waals surface area contributed by atoms with Crippen LogP contribution >= 0.6 is 0 Å². The molecule has 5 nitrogen and oxygen atoms in total. The number of rotatable bonds is 2. The van der Waals surface area contributed by atoms with Gasteiger partial charge in [-0.3, -0.25) is 4.21 Å². The smallest absolute Gasteiger partial charge is 0.225 e. The Labute approximate surface area is 105 Å². The lowest BCUT2D eigenvalue weighted by molar-refractivity contribution is 0.326. The molecule has 2 aromatic rings. The number of benzene rings is 1. The summed E-state index contributed by atoms with van der Waals surface area (Å²) in [5.74, 6) is 0.0862. The Morgan fingerprint density at radius 3 is 2.78 bits per heavy atom. The Kier molecular flexibility index (Phi) is 2.71. The zero-order valence-electron chi connectivity index (χ0n) is 9.19. The van der Waals surface area contributed by atoms with E-state index in [1.165, 1.54) is 4.68 Å². The summed E-state index contributed by atoms with van der Waals surface area (Å²) in [7, 11) is 0. The molecule has 0 bridgehead atoms. The third-order valence-electron chi connectivity index (χ3n) is 2.98. The summed E-state index contributed by atoms with van der Waals surface area (Å²) >= 11 is -2.53. The number of fused-ring (bicyclic) bond motifs is 1. The third kappa shape index (κ3) is 1.75. The standard InChI is InChI=1S/C11H10FN3O2S/c12-8-6-9(7-4-2-1-3-5-7)15-10(8)13-11(14-15)18(16)17/h1-5,8-9H,6H2,(H,16,17)/p-1/t8-,9-/m0/s1. The molecule has 0 saturated heterocycles. The van der Waals surface area contributed by atoms with Gasteiger partial charge in [-0.1, -0.05) is 30.3 Å². The molecule has 0 N–H and O–H groups in total. The van der Waals surface area contributed by atoms with Crippen LogP contribution in [0.4, 0.5) is 4.39 Å². The lowest BCUT2D eigenvalue weighted by atomic mass is 10.0. The Balaban J connectivity index is 2.05. The van der Waals surface area contributed by atoms with Crippen LogP contribution < -0.4 is 0 Å². The van der Waals surface area contributed by atoms with Crippen LogP contribution in [0.5, 0.6) is 0 Å². The molecule has 0 saturated carbocycles. The molecule has 94 valence electrons. The summed E-state index contributed by atoms with van der Waals surface area (Å²) < 4.78 is 36.8. The predicted octanol–water partition coefficient (Wildman–Crippen LogP) is 1.52. The van der Waals surface area contributed by atoms with Crippen molar-refractivity contribution in [3.63, 3.8) is 0 Å². The third-order valence-corrected chi connectivity index (χ3v) is 3.45. The van der Waals surface area contributed by atoms with Crippen LogP contribution in [0, 0.1) is 0 Å². The highest BCUT2D eigenvalue weighted by Gasteiger charge is 2.35. The monoisotopic (exact) mass is 266 g/mol. The van der Waals surface area contributed by atoms with Crippen LogP contribution in [-0.2, 0) is 11.1 Å². The molecule has 0 spiro atoms. The molecule has 3 atom stereocenters. The van der Waals surface area contributed by atoms with Crippen molar-refractivity contribution in [2.75, 3.05) is 0 Å². The normalized spacial score (nSPS) is 23.9. The van der Waals surface area contributed by atoms with Crippen molar-refractivity contribution in [2.45, 2.75) is 23.8 Å². The van der Waals surface area contributed by atoms with Crippen LogP contribution in [0.1, 0.15) is 30.0 Å². The van der Waals surface area contributed by atoms with Gasteiger partial charge in [0.15, 0.2) is 12.0 Å². The summed E-state index contributed by atoms with van der Waals surface area (Å²) in [6.07, 6.45) is -1.04. The maximum Gasteiger partial charge on any atom is 0.225 e.